The van der Waals surface area contributed by atoms with Crippen LogP contribution in [0.4, 0.5) is 17.3 Å². The normalized spacial score (nSPS) is 15.5. The van der Waals surface area contributed by atoms with Crippen LogP contribution in [0.2, 0.25) is 0 Å². The molecule has 0 spiro atoms. The summed E-state index contributed by atoms with van der Waals surface area (Å²) in [5.41, 5.74) is 5.47. The smallest absolute Gasteiger partial charge is 0.276 e. The lowest BCUT2D eigenvalue weighted by molar-refractivity contribution is -0.384. The average molecular weight is 222 g/mol. The molecule has 3 N–H and O–H groups in total. The Morgan fingerprint density at radius 1 is 1.56 bits per heavy atom. The van der Waals surface area contributed by atoms with E-state index in [1.165, 1.54) is 31.4 Å². The Morgan fingerprint density at radius 2 is 2.31 bits per heavy atom. The minimum absolute atomic E-state index is 0.0244. The van der Waals surface area contributed by atoms with Gasteiger partial charge in [-0.05, 0) is 18.8 Å². The van der Waals surface area contributed by atoms with Crippen molar-refractivity contribution in [3.05, 3.63) is 22.2 Å². The van der Waals surface area contributed by atoms with E-state index in [2.05, 4.69) is 10.3 Å². The molecule has 1 aromatic heterocycles. The SMILES string of the molecule is Nc1cc([N+](=O)[O-])cc(NCC2CCC2)n1. The van der Waals surface area contributed by atoms with E-state index in [-0.39, 0.29) is 11.5 Å². The van der Waals surface area contributed by atoms with Crippen LogP contribution in [-0.2, 0) is 0 Å². The molecule has 0 aromatic carbocycles. The Bertz CT molecular complexity index is 404. The first kappa shape index (κ1) is 10.7. The molecule has 16 heavy (non-hydrogen) atoms. The van der Waals surface area contributed by atoms with Gasteiger partial charge in [-0.25, -0.2) is 4.98 Å². The van der Waals surface area contributed by atoms with Crippen LogP contribution in [0.15, 0.2) is 12.1 Å². The van der Waals surface area contributed by atoms with E-state index in [9.17, 15) is 10.1 Å². The maximum atomic E-state index is 10.6. The number of anilines is 2. The first-order chi connectivity index (χ1) is 7.65. The molecule has 86 valence electrons. The van der Waals surface area contributed by atoms with Crippen molar-refractivity contribution in [2.75, 3.05) is 17.6 Å². The lowest BCUT2D eigenvalue weighted by Crippen LogP contribution is -2.21. The van der Waals surface area contributed by atoms with Crippen molar-refractivity contribution < 1.29 is 4.92 Å². The molecule has 0 aliphatic heterocycles. The zero-order valence-corrected chi connectivity index (χ0v) is 8.85. The standard InChI is InChI=1S/C10H14N4O2/c11-9-4-8(14(15)16)5-10(13-9)12-6-7-2-1-3-7/h4-5,7H,1-3,6H2,(H3,11,12,13). The first-order valence-electron chi connectivity index (χ1n) is 5.31. The van der Waals surface area contributed by atoms with E-state index in [1.807, 2.05) is 0 Å². The summed E-state index contributed by atoms with van der Waals surface area (Å²) < 4.78 is 0. The molecule has 6 nitrogen and oxygen atoms in total. The van der Waals surface area contributed by atoms with E-state index >= 15 is 0 Å². The third-order valence-corrected chi connectivity index (χ3v) is 2.84. The first-order valence-corrected chi connectivity index (χ1v) is 5.31. The van der Waals surface area contributed by atoms with Gasteiger partial charge in [0.2, 0.25) is 0 Å². The van der Waals surface area contributed by atoms with Gasteiger partial charge < -0.3 is 11.1 Å². The maximum Gasteiger partial charge on any atom is 0.276 e. The zero-order chi connectivity index (χ0) is 11.5. The van der Waals surface area contributed by atoms with Crippen LogP contribution in [0.25, 0.3) is 0 Å². The monoisotopic (exact) mass is 222 g/mol. The summed E-state index contributed by atoms with van der Waals surface area (Å²) in [7, 11) is 0. The summed E-state index contributed by atoms with van der Waals surface area (Å²) in [6.07, 6.45) is 3.71. The summed E-state index contributed by atoms with van der Waals surface area (Å²) in [6.45, 7) is 0.813. The number of nitro groups is 1. The molecule has 0 atom stereocenters. The minimum Gasteiger partial charge on any atom is -0.383 e. The van der Waals surface area contributed by atoms with E-state index in [0.29, 0.717) is 11.7 Å². The van der Waals surface area contributed by atoms with E-state index in [4.69, 9.17) is 5.73 Å². The highest BCUT2D eigenvalue weighted by molar-refractivity contribution is 5.52. The van der Waals surface area contributed by atoms with Crippen LogP contribution in [-0.4, -0.2) is 16.5 Å². The molecule has 1 fully saturated rings. The Labute approximate surface area is 93.0 Å². The van der Waals surface area contributed by atoms with E-state index in [1.54, 1.807) is 0 Å². The minimum atomic E-state index is -0.466. The topological polar surface area (TPSA) is 94.1 Å². The molecule has 6 heteroatoms. The van der Waals surface area contributed by atoms with Crippen molar-refractivity contribution in [1.82, 2.24) is 4.98 Å². The molecule has 1 heterocycles. The molecule has 0 unspecified atom stereocenters. The number of rotatable bonds is 4. The Balaban J connectivity index is 2.04. The van der Waals surface area contributed by atoms with Gasteiger partial charge in [0.15, 0.2) is 0 Å². The molecular weight excluding hydrogens is 208 g/mol. The highest BCUT2D eigenvalue weighted by Gasteiger charge is 2.17. The molecule has 1 aliphatic rings. The predicted molar refractivity (Wildman–Crippen MR) is 61.1 cm³/mol. The second-order valence-electron chi connectivity index (χ2n) is 4.07. The van der Waals surface area contributed by atoms with E-state index < -0.39 is 4.92 Å². The Morgan fingerprint density at radius 3 is 2.88 bits per heavy atom. The van der Waals surface area contributed by atoms with Gasteiger partial charge in [0.25, 0.3) is 5.69 Å². The van der Waals surface area contributed by atoms with Crippen molar-refractivity contribution in [3.8, 4) is 0 Å². The molecule has 0 amide bonds. The lowest BCUT2D eigenvalue weighted by atomic mass is 9.85. The molecule has 1 aliphatic carbocycles. The molecule has 1 saturated carbocycles. The highest BCUT2D eigenvalue weighted by atomic mass is 16.6. The average Bonchev–Trinajstić information content (AvgIpc) is 2.14. The molecule has 2 rings (SSSR count). The van der Waals surface area contributed by atoms with Crippen LogP contribution in [0.5, 0.6) is 0 Å². The summed E-state index contributed by atoms with van der Waals surface area (Å²) in [5.74, 6) is 1.33. The number of hydrogen-bond acceptors (Lipinski definition) is 5. The summed E-state index contributed by atoms with van der Waals surface area (Å²) in [5, 5.41) is 13.7. The fourth-order valence-corrected chi connectivity index (χ4v) is 1.68. The lowest BCUT2D eigenvalue weighted by Gasteiger charge is -2.25. The van der Waals surface area contributed by atoms with Crippen molar-refractivity contribution >= 4 is 17.3 Å². The van der Waals surface area contributed by atoms with Gasteiger partial charge in [0.05, 0.1) is 17.1 Å². The van der Waals surface area contributed by atoms with Crippen LogP contribution >= 0.6 is 0 Å². The highest BCUT2D eigenvalue weighted by Crippen LogP contribution is 2.27. The van der Waals surface area contributed by atoms with Gasteiger partial charge in [-0.15, -0.1) is 0 Å². The molecule has 1 aromatic rings. The number of nitrogen functional groups attached to an aromatic ring is 1. The molecular formula is C10H14N4O2. The molecule has 0 bridgehead atoms. The number of nitrogens with one attached hydrogen (secondary N) is 1. The van der Waals surface area contributed by atoms with Gasteiger partial charge in [0, 0.05) is 6.54 Å². The second kappa shape index (κ2) is 4.34. The fraction of sp³-hybridized carbons (Fsp3) is 0.500. The van der Waals surface area contributed by atoms with Crippen LogP contribution in [0.1, 0.15) is 19.3 Å². The summed E-state index contributed by atoms with van der Waals surface area (Å²) >= 11 is 0. The number of hydrogen-bond donors (Lipinski definition) is 2. The van der Waals surface area contributed by atoms with Crippen molar-refractivity contribution in [2.45, 2.75) is 19.3 Å². The maximum absolute atomic E-state index is 10.6. The van der Waals surface area contributed by atoms with Crippen LogP contribution in [0, 0.1) is 16.0 Å². The van der Waals surface area contributed by atoms with Crippen molar-refractivity contribution in [1.29, 1.82) is 0 Å². The third-order valence-electron chi connectivity index (χ3n) is 2.84. The third kappa shape index (κ3) is 2.39. The van der Waals surface area contributed by atoms with Gasteiger partial charge in [-0.3, -0.25) is 10.1 Å². The van der Waals surface area contributed by atoms with Gasteiger partial charge in [0.1, 0.15) is 11.6 Å². The molecule has 0 saturated heterocycles. The van der Waals surface area contributed by atoms with Crippen LogP contribution < -0.4 is 11.1 Å². The zero-order valence-electron chi connectivity index (χ0n) is 8.85. The number of nitrogens with zero attached hydrogens (tertiary/aromatic N) is 2. The van der Waals surface area contributed by atoms with Gasteiger partial charge in [-0.2, -0.15) is 0 Å². The fourth-order valence-electron chi connectivity index (χ4n) is 1.68. The largest absolute Gasteiger partial charge is 0.383 e. The summed E-state index contributed by atoms with van der Waals surface area (Å²) in [6, 6.07) is 2.67. The van der Waals surface area contributed by atoms with Gasteiger partial charge in [-0.1, -0.05) is 6.42 Å². The molecule has 0 radical (unpaired) electrons. The number of pyridine rings is 1. The quantitative estimate of drug-likeness (QED) is 0.598. The van der Waals surface area contributed by atoms with E-state index in [0.717, 1.165) is 6.54 Å². The van der Waals surface area contributed by atoms with Crippen molar-refractivity contribution in [2.24, 2.45) is 5.92 Å². The summed E-state index contributed by atoms with van der Waals surface area (Å²) in [4.78, 5) is 14.1. The van der Waals surface area contributed by atoms with Crippen LogP contribution in [0.3, 0.4) is 0 Å². The Hall–Kier alpha value is -1.85. The number of aromatic nitrogens is 1. The predicted octanol–water partition coefficient (Wildman–Crippen LogP) is 1.78. The Kier molecular flexibility index (Phi) is 2.89. The number of nitrogens with two attached hydrogens (primary N) is 1. The second-order valence-corrected chi connectivity index (χ2v) is 4.07. The van der Waals surface area contributed by atoms with Crippen molar-refractivity contribution in [3.63, 3.8) is 0 Å². The van der Waals surface area contributed by atoms with Gasteiger partial charge >= 0.3 is 0 Å².